The third-order valence-corrected chi connectivity index (χ3v) is 1.83. The molecule has 88 valence electrons. The average Bonchev–Trinajstić information content (AvgIpc) is 2.14. The van der Waals surface area contributed by atoms with Gasteiger partial charge in [0.25, 0.3) is 0 Å². The van der Waals surface area contributed by atoms with E-state index >= 15 is 0 Å². The molecule has 0 aliphatic heterocycles. The number of carbonyl (C=O) groups is 2. The van der Waals surface area contributed by atoms with E-state index in [9.17, 15) is 19.8 Å². The number of aldehydes is 1. The van der Waals surface area contributed by atoms with Crippen LogP contribution in [-0.2, 0) is 9.59 Å². The standard InChI is InChI=1S/C8H15NO6/c1-5(12)9-8(15,2-3-10)7(14)6(13)4-11/h3,6-7,11,13-15H,2,4H2,1H3,(H,9,12)/t6-,7-,8-/m1/s1. The summed E-state index contributed by atoms with van der Waals surface area (Å²) < 4.78 is 0. The zero-order chi connectivity index (χ0) is 12.1. The molecule has 0 radical (unpaired) electrons. The number of hydrogen-bond acceptors (Lipinski definition) is 6. The van der Waals surface area contributed by atoms with Crippen molar-refractivity contribution in [2.75, 3.05) is 6.61 Å². The highest BCUT2D eigenvalue weighted by Gasteiger charge is 2.40. The van der Waals surface area contributed by atoms with Crippen LogP contribution in [0.15, 0.2) is 0 Å². The van der Waals surface area contributed by atoms with Crippen LogP contribution in [0.5, 0.6) is 0 Å². The first-order valence-corrected chi connectivity index (χ1v) is 4.29. The Morgan fingerprint density at radius 2 is 2.07 bits per heavy atom. The van der Waals surface area contributed by atoms with Gasteiger partial charge in [-0.05, 0) is 0 Å². The number of aliphatic hydroxyl groups is 4. The van der Waals surface area contributed by atoms with E-state index in [2.05, 4.69) is 0 Å². The second-order valence-corrected chi connectivity index (χ2v) is 3.17. The second-order valence-electron chi connectivity index (χ2n) is 3.17. The minimum absolute atomic E-state index is 0.281. The van der Waals surface area contributed by atoms with Gasteiger partial charge in [0.1, 0.15) is 18.5 Å². The summed E-state index contributed by atoms with van der Waals surface area (Å²) in [5, 5.41) is 38.6. The molecule has 0 aromatic carbocycles. The molecule has 0 unspecified atom stereocenters. The maximum absolute atomic E-state index is 10.7. The molecule has 7 heteroatoms. The number of carbonyl (C=O) groups excluding carboxylic acids is 2. The van der Waals surface area contributed by atoms with E-state index in [1.165, 1.54) is 0 Å². The van der Waals surface area contributed by atoms with E-state index in [1.807, 2.05) is 5.32 Å². The van der Waals surface area contributed by atoms with Gasteiger partial charge in [0, 0.05) is 6.92 Å². The topological polar surface area (TPSA) is 127 Å². The molecular weight excluding hydrogens is 206 g/mol. The average molecular weight is 221 g/mol. The maximum atomic E-state index is 10.7. The van der Waals surface area contributed by atoms with Crippen LogP contribution in [-0.4, -0.2) is 57.2 Å². The molecule has 0 rings (SSSR count). The van der Waals surface area contributed by atoms with Crippen molar-refractivity contribution in [1.29, 1.82) is 0 Å². The molecule has 0 aliphatic rings. The fourth-order valence-electron chi connectivity index (χ4n) is 1.10. The molecule has 0 saturated carbocycles. The van der Waals surface area contributed by atoms with E-state index < -0.39 is 36.9 Å². The lowest BCUT2D eigenvalue weighted by Gasteiger charge is -2.33. The summed E-state index contributed by atoms with van der Waals surface area (Å²) in [5.41, 5.74) is -2.27. The number of rotatable bonds is 6. The van der Waals surface area contributed by atoms with Gasteiger partial charge in [-0.15, -0.1) is 0 Å². The van der Waals surface area contributed by atoms with Crippen molar-refractivity contribution in [3.8, 4) is 0 Å². The highest BCUT2D eigenvalue weighted by atomic mass is 16.4. The molecule has 0 aliphatic carbocycles. The Kier molecular flexibility index (Phi) is 5.37. The molecule has 0 spiro atoms. The van der Waals surface area contributed by atoms with Crippen molar-refractivity contribution in [3.63, 3.8) is 0 Å². The van der Waals surface area contributed by atoms with Crippen molar-refractivity contribution in [3.05, 3.63) is 0 Å². The Hall–Kier alpha value is -1.02. The molecular formula is C8H15NO6. The molecule has 0 heterocycles. The molecule has 5 N–H and O–H groups in total. The Labute approximate surface area is 86.3 Å². The molecule has 1 amide bonds. The summed E-state index contributed by atoms with van der Waals surface area (Å²) in [6.45, 7) is 0.274. The van der Waals surface area contributed by atoms with Gasteiger partial charge in [0.15, 0.2) is 5.72 Å². The Morgan fingerprint density at radius 1 is 1.53 bits per heavy atom. The van der Waals surface area contributed by atoms with E-state index in [0.29, 0.717) is 0 Å². The summed E-state index contributed by atoms with van der Waals surface area (Å²) >= 11 is 0. The molecule has 0 bridgehead atoms. The predicted octanol–water partition coefficient (Wildman–Crippen LogP) is -2.89. The van der Waals surface area contributed by atoms with Gasteiger partial charge in [-0.25, -0.2) is 0 Å². The van der Waals surface area contributed by atoms with E-state index in [1.54, 1.807) is 0 Å². The Bertz CT molecular complexity index is 233. The van der Waals surface area contributed by atoms with Gasteiger partial charge in [0.05, 0.1) is 13.0 Å². The van der Waals surface area contributed by atoms with Crippen LogP contribution in [0.25, 0.3) is 0 Å². The van der Waals surface area contributed by atoms with Crippen molar-refractivity contribution in [2.24, 2.45) is 0 Å². The quantitative estimate of drug-likeness (QED) is 0.242. The van der Waals surface area contributed by atoms with Crippen LogP contribution in [0.4, 0.5) is 0 Å². The maximum Gasteiger partial charge on any atom is 0.219 e. The third-order valence-electron chi connectivity index (χ3n) is 1.83. The molecule has 0 aromatic heterocycles. The lowest BCUT2D eigenvalue weighted by Crippen LogP contribution is -2.60. The second kappa shape index (κ2) is 5.76. The summed E-state index contributed by atoms with van der Waals surface area (Å²) in [5.74, 6) is -0.677. The van der Waals surface area contributed by atoms with Crippen LogP contribution in [0.3, 0.4) is 0 Å². The fourth-order valence-corrected chi connectivity index (χ4v) is 1.10. The molecule has 7 nitrogen and oxygen atoms in total. The smallest absolute Gasteiger partial charge is 0.219 e. The third kappa shape index (κ3) is 3.92. The molecule has 0 aromatic rings. The zero-order valence-electron chi connectivity index (χ0n) is 8.25. The van der Waals surface area contributed by atoms with Gasteiger partial charge < -0.3 is 30.5 Å². The number of aliphatic hydroxyl groups excluding tert-OH is 3. The lowest BCUT2D eigenvalue weighted by molar-refractivity contribution is -0.164. The zero-order valence-corrected chi connectivity index (χ0v) is 8.25. The van der Waals surface area contributed by atoms with Crippen molar-refractivity contribution in [2.45, 2.75) is 31.3 Å². The van der Waals surface area contributed by atoms with Crippen LogP contribution in [0.1, 0.15) is 13.3 Å². The van der Waals surface area contributed by atoms with Gasteiger partial charge in [-0.1, -0.05) is 0 Å². The lowest BCUT2D eigenvalue weighted by atomic mass is 9.98. The normalized spacial score (nSPS) is 18.7. The van der Waals surface area contributed by atoms with Gasteiger partial charge >= 0.3 is 0 Å². The van der Waals surface area contributed by atoms with Gasteiger partial charge in [0.2, 0.25) is 5.91 Å². The predicted molar refractivity (Wildman–Crippen MR) is 48.5 cm³/mol. The van der Waals surface area contributed by atoms with E-state index in [0.717, 1.165) is 6.92 Å². The first kappa shape index (κ1) is 14.0. The summed E-state index contributed by atoms with van der Waals surface area (Å²) in [6.07, 6.45) is -3.81. The minimum Gasteiger partial charge on any atom is -0.394 e. The van der Waals surface area contributed by atoms with Crippen molar-refractivity contribution < 1.29 is 30.0 Å². The monoisotopic (exact) mass is 221 g/mol. The summed E-state index contributed by atoms with van der Waals surface area (Å²) in [6, 6.07) is 0. The SMILES string of the molecule is CC(=O)N[C@@](O)(CC=O)[C@H](O)[C@H](O)CO. The fraction of sp³-hybridized carbons (Fsp3) is 0.750. The van der Waals surface area contributed by atoms with Crippen LogP contribution < -0.4 is 5.32 Å². The Balaban J connectivity index is 4.74. The molecule has 0 fully saturated rings. The molecule has 3 atom stereocenters. The number of hydrogen-bond donors (Lipinski definition) is 5. The van der Waals surface area contributed by atoms with E-state index in [4.69, 9.17) is 10.2 Å². The minimum atomic E-state index is -2.27. The molecule has 15 heavy (non-hydrogen) atoms. The molecule has 0 saturated heterocycles. The van der Waals surface area contributed by atoms with Crippen LogP contribution in [0, 0.1) is 0 Å². The highest BCUT2D eigenvalue weighted by Crippen LogP contribution is 2.14. The number of amides is 1. The summed E-state index contributed by atoms with van der Waals surface area (Å²) in [7, 11) is 0. The number of nitrogens with one attached hydrogen (secondary N) is 1. The highest BCUT2D eigenvalue weighted by molar-refractivity contribution is 5.74. The van der Waals surface area contributed by atoms with Crippen LogP contribution in [0.2, 0.25) is 0 Å². The Morgan fingerprint density at radius 3 is 2.40 bits per heavy atom. The van der Waals surface area contributed by atoms with E-state index in [-0.39, 0.29) is 6.29 Å². The van der Waals surface area contributed by atoms with Crippen molar-refractivity contribution >= 4 is 12.2 Å². The van der Waals surface area contributed by atoms with Gasteiger partial charge in [-0.3, -0.25) is 4.79 Å². The van der Waals surface area contributed by atoms with Gasteiger partial charge in [-0.2, -0.15) is 0 Å². The van der Waals surface area contributed by atoms with Crippen LogP contribution >= 0.6 is 0 Å². The van der Waals surface area contributed by atoms with Crippen molar-refractivity contribution in [1.82, 2.24) is 5.32 Å². The first-order chi connectivity index (χ1) is 6.87. The largest absolute Gasteiger partial charge is 0.394 e. The summed E-state index contributed by atoms with van der Waals surface area (Å²) in [4.78, 5) is 21.0. The first-order valence-electron chi connectivity index (χ1n) is 4.29.